The van der Waals surface area contributed by atoms with Crippen molar-refractivity contribution in [2.45, 2.75) is 18.8 Å². The summed E-state index contributed by atoms with van der Waals surface area (Å²) >= 11 is 0. The molecule has 4 aromatic rings. The lowest BCUT2D eigenvalue weighted by Crippen LogP contribution is -2.20. The van der Waals surface area contributed by atoms with Crippen LogP contribution in [0.2, 0.25) is 0 Å². The van der Waals surface area contributed by atoms with E-state index in [2.05, 4.69) is 79.8 Å². The van der Waals surface area contributed by atoms with E-state index in [-0.39, 0.29) is 5.41 Å². The molecule has 0 aliphatic heterocycles. The number of nitrogens with zero attached hydrogens (tertiary/aromatic N) is 2. The Kier molecular flexibility index (Phi) is 3.64. The number of allylic oxidation sites excluding steroid dienone is 4. The second kappa shape index (κ2) is 6.17. The molecule has 0 fully saturated rings. The van der Waals surface area contributed by atoms with Crippen LogP contribution in [-0.4, -0.2) is 9.97 Å². The Hall–Kier alpha value is -3.26. The van der Waals surface area contributed by atoms with Crippen molar-refractivity contribution >= 4 is 21.8 Å². The lowest BCUT2D eigenvalue weighted by molar-refractivity contribution is 0.605. The third kappa shape index (κ3) is 2.57. The molecule has 2 aromatic carbocycles. The number of fused-ring (bicyclic) bond motifs is 3. The highest BCUT2D eigenvalue weighted by Crippen LogP contribution is 2.38. The molecular formula is C25H20N2. The molecule has 0 radical (unpaired) electrons. The Bertz CT molecular complexity index is 1210. The SMILES string of the molecule is CC1(c2ccnc3c2ccc2c(-c4ccccc4)ccnc23)C=CC=CC1. The van der Waals surface area contributed by atoms with E-state index in [4.69, 9.17) is 9.97 Å². The van der Waals surface area contributed by atoms with Gasteiger partial charge in [0.15, 0.2) is 0 Å². The first-order valence-electron chi connectivity index (χ1n) is 9.33. The lowest BCUT2D eigenvalue weighted by Gasteiger charge is -2.28. The molecule has 2 nitrogen and oxygen atoms in total. The van der Waals surface area contributed by atoms with Crippen LogP contribution in [0, 0.1) is 0 Å². The molecular weight excluding hydrogens is 328 g/mol. The molecule has 1 unspecified atom stereocenters. The van der Waals surface area contributed by atoms with Crippen LogP contribution in [0.5, 0.6) is 0 Å². The van der Waals surface area contributed by atoms with Crippen molar-refractivity contribution in [2.24, 2.45) is 0 Å². The first-order chi connectivity index (χ1) is 13.3. The van der Waals surface area contributed by atoms with Gasteiger partial charge in [-0.15, -0.1) is 0 Å². The lowest BCUT2D eigenvalue weighted by atomic mass is 9.76. The molecule has 0 saturated carbocycles. The van der Waals surface area contributed by atoms with Crippen molar-refractivity contribution in [3.8, 4) is 11.1 Å². The summed E-state index contributed by atoms with van der Waals surface area (Å²) in [6, 6.07) is 19.1. The molecule has 130 valence electrons. The minimum absolute atomic E-state index is 0.0132. The minimum atomic E-state index is -0.0132. The molecule has 0 saturated heterocycles. The maximum absolute atomic E-state index is 4.73. The molecule has 0 spiro atoms. The predicted molar refractivity (Wildman–Crippen MR) is 113 cm³/mol. The first kappa shape index (κ1) is 16.0. The fraction of sp³-hybridized carbons (Fsp3) is 0.120. The number of aromatic nitrogens is 2. The fourth-order valence-electron chi connectivity index (χ4n) is 4.12. The third-order valence-corrected chi connectivity index (χ3v) is 5.57. The summed E-state index contributed by atoms with van der Waals surface area (Å²) in [5.74, 6) is 0. The number of hydrogen-bond acceptors (Lipinski definition) is 2. The molecule has 1 atom stereocenters. The van der Waals surface area contributed by atoms with E-state index in [1.165, 1.54) is 22.1 Å². The van der Waals surface area contributed by atoms with Crippen LogP contribution in [0.25, 0.3) is 32.9 Å². The van der Waals surface area contributed by atoms with E-state index in [9.17, 15) is 0 Å². The van der Waals surface area contributed by atoms with Gasteiger partial charge in [-0.2, -0.15) is 0 Å². The van der Waals surface area contributed by atoms with Crippen molar-refractivity contribution in [1.82, 2.24) is 9.97 Å². The van der Waals surface area contributed by atoms with E-state index < -0.39 is 0 Å². The van der Waals surface area contributed by atoms with Gasteiger partial charge >= 0.3 is 0 Å². The van der Waals surface area contributed by atoms with Crippen LogP contribution in [0.4, 0.5) is 0 Å². The number of pyridine rings is 2. The van der Waals surface area contributed by atoms with Crippen molar-refractivity contribution in [2.75, 3.05) is 0 Å². The van der Waals surface area contributed by atoms with E-state index in [0.717, 1.165) is 22.8 Å². The molecule has 1 aliphatic carbocycles. The van der Waals surface area contributed by atoms with Gasteiger partial charge in [-0.05, 0) is 35.2 Å². The Labute approximate surface area is 158 Å². The molecule has 2 aromatic heterocycles. The summed E-state index contributed by atoms with van der Waals surface area (Å²) < 4.78 is 0. The average Bonchev–Trinajstić information content (AvgIpc) is 2.74. The number of hydrogen-bond donors (Lipinski definition) is 0. The molecule has 2 heterocycles. The highest BCUT2D eigenvalue weighted by Gasteiger charge is 2.26. The molecule has 0 amide bonds. The van der Waals surface area contributed by atoms with Crippen LogP contribution in [-0.2, 0) is 5.41 Å². The fourth-order valence-corrected chi connectivity index (χ4v) is 4.12. The van der Waals surface area contributed by atoms with Crippen LogP contribution in [0.1, 0.15) is 18.9 Å². The van der Waals surface area contributed by atoms with Gasteiger partial charge < -0.3 is 0 Å². The Balaban J connectivity index is 1.79. The van der Waals surface area contributed by atoms with Gasteiger partial charge in [-0.1, -0.05) is 73.7 Å². The molecule has 1 aliphatic rings. The average molecular weight is 348 g/mol. The van der Waals surface area contributed by atoms with Gasteiger partial charge in [0.2, 0.25) is 0 Å². The second-order valence-corrected chi connectivity index (χ2v) is 7.35. The molecule has 5 rings (SSSR count). The van der Waals surface area contributed by atoms with Gasteiger partial charge in [-0.25, -0.2) is 0 Å². The first-order valence-corrected chi connectivity index (χ1v) is 9.33. The van der Waals surface area contributed by atoms with Gasteiger partial charge in [0.25, 0.3) is 0 Å². The van der Waals surface area contributed by atoms with Crippen molar-refractivity contribution < 1.29 is 0 Å². The van der Waals surface area contributed by atoms with E-state index in [1.807, 2.05) is 18.5 Å². The van der Waals surface area contributed by atoms with E-state index in [0.29, 0.717) is 0 Å². The zero-order valence-electron chi connectivity index (χ0n) is 15.3. The van der Waals surface area contributed by atoms with Crippen molar-refractivity contribution in [3.63, 3.8) is 0 Å². The molecule has 2 heteroatoms. The molecule has 27 heavy (non-hydrogen) atoms. The predicted octanol–water partition coefficient (Wildman–Crippen LogP) is 6.22. The van der Waals surface area contributed by atoms with Gasteiger partial charge in [-0.3, -0.25) is 9.97 Å². The minimum Gasteiger partial charge on any atom is -0.254 e. The van der Waals surface area contributed by atoms with Crippen molar-refractivity contribution in [3.05, 3.63) is 96.9 Å². The summed E-state index contributed by atoms with van der Waals surface area (Å²) in [7, 11) is 0. The maximum Gasteiger partial charge on any atom is 0.0970 e. The summed E-state index contributed by atoms with van der Waals surface area (Å²) in [6.45, 7) is 2.29. The van der Waals surface area contributed by atoms with E-state index >= 15 is 0 Å². The third-order valence-electron chi connectivity index (χ3n) is 5.57. The smallest absolute Gasteiger partial charge is 0.0970 e. The monoisotopic (exact) mass is 348 g/mol. The second-order valence-electron chi connectivity index (χ2n) is 7.35. The molecule has 0 bridgehead atoms. The highest BCUT2D eigenvalue weighted by atomic mass is 14.7. The van der Waals surface area contributed by atoms with Gasteiger partial charge in [0.05, 0.1) is 11.0 Å². The summed E-state index contributed by atoms with van der Waals surface area (Å²) in [5, 5.41) is 2.33. The quantitative estimate of drug-likeness (QED) is 0.402. The Morgan fingerprint density at radius 2 is 1.52 bits per heavy atom. The maximum atomic E-state index is 4.73. The Morgan fingerprint density at radius 1 is 0.778 bits per heavy atom. The zero-order valence-corrected chi connectivity index (χ0v) is 15.3. The normalized spacial score (nSPS) is 19.0. The number of benzene rings is 2. The summed E-state index contributed by atoms with van der Waals surface area (Å²) in [6.07, 6.45) is 13.6. The van der Waals surface area contributed by atoms with Crippen LogP contribution in [0.3, 0.4) is 0 Å². The number of rotatable bonds is 2. The zero-order chi connectivity index (χ0) is 18.3. The van der Waals surface area contributed by atoms with E-state index in [1.54, 1.807) is 0 Å². The summed E-state index contributed by atoms with van der Waals surface area (Å²) in [5.41, 5.74) is 5.64. The Morgan fingerprint density at radius 3 is 2.30 bits per heavy atom. The van der Waals surface area contributed by atoms with Crippen molar-refractivity contribution in [1.29, 1.82) is 0 Å². The topological polar surface area (TPSA) is 25.8 Å². The standard InChI is InChI=1S/C25H20N2/c1-25(14-6-3-7-15-25)22-13-17-27-24-21(22)11-10-20-19(12-16-26-23(20)24)18-8-4-2-5-9-18/h2-14,16-17H,15H2,1H3. The van der Waals surface area contributed by atoms with Crippen LogP contribution in [0.15, 0.2) is 91.3 Å². The highest BCUT2D eigenvalue weighted by molar-refractivity contribution is 6.09. The molecule has 0 N–H and O–H groups in total. The largest absolute Gasteiger partial charge is 0.254 e. The van der Waals surface area contributed by atoms with Gasteiger partial charge in [0, 0.05) is 28.6 Å². The van der Waals surface area contributed by atoms with Crippen LogP contribution >= 0.6 is 0 Å². The van der Waals surface area contributed by atoms with Crippen LogP contribution < -0.4 is 0 Å². The summed E-state index contributed by atoms with van der Waals surface area (Å²) in [4.78, 5) is 9.44. The van der Waals surface area contributed by atoms with Gasteiger partial charge in [0.1, 0.15) is 0 Å².